The Labute approximate surface area is 163 Å². The molecule has 1 amide bonds. The van der Waals surface area contributed by atoms with Gasteiger partial charge >= 0.3 is 0 Å². The van der Waals surface area contributed by atoms with E-state index in [9.17, 15) is 4.79 Å². The van der Waals surface area contributed by atoms with Gasteiger partial charge in [0.1, 0.15) is 5.75 Å². The summed E-state index contributed by atoms with van der Waals surface area (Å²) in [5, 5.41) is 3.36. The van der Waals surface area contributed by atoms with Crippen LogP contribution in [0.3, 0.4) is 0 Å². The summed E-state index contributed by atoms with van der Waals surface area (Å²) in [6.07, 6.45) is 0. The Morgan fingerprint density at radius 3 is 2.59 bits per heavy atom. The van der Waals surface area contributed by atoms with Gasteiger partial charge in [-0.25, -0.2) is 0 Å². The molecule has 0 bridgehead atoms. The Balaban J connectivity index is 1.88. The molecule has 1 aliphatic heterocycles. The molecule has 1 saturated heterocycles. The van der Waals surface area contributed by atoms with Crippen LogP contribution in [-0.2, 0) is 11.3 Å². The molecule has 0 saturated carbocycles. The van der Waals surface area contributed by atoms with Crippen LogP contribution >= 0.6 is 0 Å². The first-order valence-corrected chi connectivity index (χ1v) is 9.64. The predicted molar refractivity (Wildman–Crippen MR) is 109 cm³/mol. The number of rotatable bonds is 7. The summed E-state index contributed by atoms with van der Waals surface area (Å²) in [5.74, 6) is 1.95. The Morgan fingerprint density at radius 2 is 1.96 bits per heavy atom. The third-order valence-corrected chi connectivity index (χ3v) is 4.79. The van der Waals surface area contributed by atoms with Gasteiger partial charge in [-0.2, -0.15) is 0 Å². The molecule has 1 fully saturated rings. The third-order valence-electron chi connectivity index (χ3n) is 4.79. The van der Waals surface area contributed by atoms with Crippen molar-refractivity contribution in [2.24, 2.45) is 4.99 Å². The van der Waals surface area contributed by atoms with Crippen LogP contribution in [0.4, 0.5) is 0 Å². The lowest BCUT2D eigenvalue weighted by molar-refractivity contribution is -0.130. The standard InChI is InChI=1S/C20H33N5O2/c1-5-21-20(23(3)16-18-8-6-7-9-19(18)27-4)22-10-11-24-12-14-25(15-13-24)17(2)26/h6-9H,5,10-16H2,1-4H3,(H,21,22). The highest BCUT2D eigenvalue weighted by Gasteiger charge is 2.18. The van der Waals surface area contributed by atoms with E-state index in [0.717, 1.165) is 69.6 Å². The zero-order valence-electron chi connectivity index (χ0n) is 17.1. The molecular weight excluding hydrogens is 342 g/mol. The lowest BCUT2D eigenvalue weighted by atomic mass is 10.2. The molecule has 7 heteroatoms. The first-order valence-electron chi connectivity index (χ1n) is 9.64. The lowest BCUT2D eigenvalue weighted by Gasteiger charge is -2.33. The molecule has 1 aromatic rings. The zero-order chi connectivity index (χ0) is 19.6. The summed E-state index contributed by atoms with van der Waals surface area (Å²) < 4.78 is 5.45. The van der Waals surface area contributed by atoms with E-state index >= 15 is 0 Å². The zero-order valence-corrected chi connectivity index (χ0v) is 17.1. The van der Waals surface area contributed by atoms with Crippen LogP contribution in [0.15, 0.2) is 29.3 Å². The van der Waals surface area contributed by atoms with E-state index in [4.69, 9.17) is 9.73 Å². The van der Waals surface area contributed by atoms with Gasteiger partial charge in [-0.1, -0.05) is 18.2 Å². The Bertz CT molecular complexity index is 627. The number of nitrogens with zero attached hydrogens (tertiary/aromatic N) is 4. The van der Waals surface area contributed by atoms with Gasteiger partial charge < -0.3 is 19.9 Å². The SMILES string of the molecule is CCNC(=NCCN1CCN(C(C)=O)CC1)N(C)Cc1ccccc1OC. The lowest BCUT2D eigenvalue weighted by Crippen LogP contribution is -2.48. The number of ether oxygens (including phenoxy) is 1. The molecule has 150 valence electrons. The number of guanidine groups is 1. The second kappa shape index (κ2) is 10.8. The fourth-order valence-electron chi connectivity index (χ4n) is 3.22. The van der Waals surface area contributed by atoms with Crippen LogP contribution in [-0.4, -0.2) is 86.5 Å². The fraction of sp³-hybridized carbons (Fsp3) is 0.600. The average molecular weight is 376 g/mol. The largest absolute Gasteiger partial charge is 0.496 e. The molecule has 7 nitrogen and oxygen atoms in total. The second-order valence-electron chi connectivity index (χ2n) is 6.75. The van der Waals surface area contributed by atoms with Gasteiger partial charge in [0.05, 0.1) is 13.7 Å². The van der Waals surface area contributed by atoms with Gasteiger partial charge in [0.15, 0.2) is 5.96 Å². The van der Waals surface area contributed by atoms with E-state index in [0.29, 0.717) is 0 Å². The number of carbonyl (C=O) groups is 1. The van der Waals surface area contributed by atoms with Crippen molar-refractivity contribution in [3.05, 3.63) is 29.8 Å². The third kappa shape index (κ3) is 6.43. The number of amides is 1. The van der Waals surface area contributed by atoms with Crippen molar-refractivity contribution < 1.29 is 9.53 Å². The van der Waals surface area contributed by atoms with Crippen molar-refractivity contribution in [1.82, 2.24) is 20.0 Å². The number of hydrogen-bond donors (Lipinski definition) is 1. The summed E-state index contributed by atoms with van der Waals surface area (Å²) in [4.78, 5) is 22.6. The van der Waals surface area contributed by atoms with Crippen LogP contribution < -0.4 is 10.1 Å². The van der Waals surface area contributed by atoms with Gasteiger partial charge in [0, 0.05) is 65.3 Å². The van der Waals surface area contributed by atoms with Crippen LogP contribution in [0.1, 0.15) is 19.4 Å². The molecule has 1 aromatic carbocycles. The molecule has 1 aliphatic rings. The molecule has 0 aliphatic carbocycles. The highest BCUT2D eigenvalue weighted by Crippen LogP contribution is 2.18. The number of nitrogens with one attached hydrogen (secondary N) is 1. The summed E-state index contributed by atoms with van der Waals surface area (Å²) in [6.45, 7) is 10.4. The normalized spacial score (nSPS) is 15.6. The van der Waals surface area contributed by atoms with Gasteiger partial charge in [-0.3, -0.25) is 14.7 Å². The predicted octanol–water partition coefficient (Wildman–Crippen LogP) is 1.26. The number of piperazine rings is 1. The molecular formula is C20H33N5O2. The number of para-hydroxylation sites is 1. The van der Waals surface area contributed by atoms with Crippen molar-refractivity contribution >= 4 is 11.9 Å². The minimum absolute atomic E-state index is 0.167. The smallest absolute Gasteiger partial charge is 0.219 e. The van der Waals surface area contributed by atoms with Gasteiger partial charge in [0.2, 0.25) is 5.91 Å². The summed E-state index contributed by atoms with van der Waals surface area (Å²) in [7, 11) is 3.74. The molecule has 27 heavy (non-hydrogen) atoms. The number of aliphatic imine (C=N–C) groups is 1. The topological polar surface area (TPSA) is 60.4 Å². The maximum Gasteiger partial charge on any atom is 0.219 e. The van der Waals surface area contributed by atoms with Crippen LogP contribution in [0.5, 0.6) is 5.75 Å². The highest BCUT2D eigenvalue weighted by molar-refractivity contribution is 5.79. The number of hydrogen-bond acceptors (Lipinski definition) is 4. The van der Waals surface area contributed by atoms with Crippen LogP contribution in [0.2, 0.25) is 0 Å². The molecule has 0 atom stereocenters. The van der Waals surface area contributed by atoms with Crippen molar-refractivity contribution in [2.45, 2.75) is 20.4 Å². The summed E-state index contributed by atoms with van der Waals surface area (Å²) in [5.41, 5.74) is 1.13. The fourth-order valence-corrected chi connectivity index (χ4v) is 3.22. The highest BCUT2D eigenvalue weighted by atomic mass is 16.5. The molecule has 2 rings (SSSR count). The van der Waals surface area contributed by atoms with E-state index in [1.165, 1.54) is 0 Å². The van der Waals surface area contributed by atoms with Crippen LogP contribution in [0, 0.1) is 0 Å². The van der Waals surface area contributed by atoms with Crippen molar-refractivity contribution in [3.8, 4) is 5.75 Å². The number of methoxy groups -OCH3 is 1. The minimum atomic E-state index is 0.167. The van der Waals surface area contributed by atoms with Crippen LogP contribution in [0.25, 0.3) is 0 Å². The molecule has 0 aromatic heterocycles. The molecule has 0 unspecified atom stereocenters. The van der Waals surface area contributed by atoms with Gasteiger partial charge in [-0.05, 0) is 13.0 Å². The van der Waals surface area contributed by atoms with Gasteiger partial charge in [-0.15, -0.1) is 0 Å². The number of carbonyl (C=O) groups excluding carboxylic acids is 1. The Hall–Kier alpha value is -2.28. The average Bonchev–Trinajstić information content (AvgIpc) is 2.68. The van der Waals surface area contributed by atoms with E-state index < -0.39 is 0 Å². The van der Waals surface area contributed by atoms with E-state index in [2.05, 4.69) is 28.1 Å². The maximum atomic E-state index is 11.4. The van der Waals surface area contributed by atoms with E-state index in [-0.39, 0.29) is 5.91 Å². The van der Waals surface area contributed by atoms with Crippen molar-refractivity contribution in [2.75, 3.05) is 60.0 Å². The van der Waals surface area contributed by atoms with Crippen molar-refractivity contribution in [3.63, 3.8) is 0 Å². The minimum Gasteiger partial charge on any atom is -0.496 e. The Kier molecular flexibility index (Phi) is 8.39. The summed E-state index contributed by atoms with van der Waals surface area (Å²) in [6, 6.07) is 8.06. The quantitative estimate of drug-likeness (QED) is 0.574. The molecule has 0 spiro atoms. The number of benzene rings is 1. The molecule has 1 N–H and O–H groups in total. The molecule has 0 radical (unpaired) electrons. The monoisotopic (exact) mass is 375 g/mol. The second-order valence-corrected chi connectivity index (χ2v) is 6.75. The van der Waals surface area contributed by atoms with Gasteiger partial charge in [0.25, 0.3) is 0 Å². The van der Waals surface area contributed by atoms with E-state index in [1.807, 2.05) is 30.1 Å². The maximum absolute atomic E-state index is 11.4. The first-order chi connectivity index (χ1) is 13.0. The summed E-state index contributed by atoms with van der Waals surface area (Å²) >= 11 is 0. The Morgan fingerprint density at radius 1 is 1.26 bits per heavy atom. The molecule has 1 heterocycles. The van der Waals surface area contributed by atoms with E-state index in [1.54, 1.807) is 14.0 Å². The van der Waals surface area contributed by atoms with Crippen molar-refractivity contribution in [1.29, 1.82) is 0 Å². The first kappa shape index (κ1) is 21.0.